The van der Waals surface area contributed by atoms with Crippen LogP contribution in [0, 0.1) is 11.7 Å². The average Bonchev–Trinajstić information content (AvgIpc) is 3.18. The van der Waals surface area contributed by atoms with Gasteiger partial charge in [-0.05, 0) is 30.3 Å². The van der Waals surface area contributed by atoms with E-state index in [1.54, 1.807) is 24.3 Å². The van der Waals surface area contributed by atoms with Crippen LogP contribution in [0.1, 0.15) is 0 Å². The van der Waals surface area contributed by atoms with Crippen molar-refractivity contribution in [1.29, 1.82) is 0 Å². The summed E-state index contributed by atoms with van der Waals surface area (Å²) in [5.74, 6) is 0.915. The molecule has 1 N–H and O–H groups in total. The van der Waals surface area contributed by atoms with Gasteiger partial charge in [0.05, 0.1) is 16.1 Å². The van der Waals surface area contributed by atoms with Gasteiger partial charge in [-0.1, -0.05) is 11.3 Å². The van der Waals surface area contributed by atoms with Crippen molar-refractivity contribution in [3.05, 3.63) is 42.2 Å². The first-order valence-electron chi connectivity index (χ1n) is 8.17. The van der Waals surface area contributed by atoms with Crippen molar-refractivity contribution >= 4 is 38.3 Å². The molecule has 2 aromatic carbocycles. The van der Waals surface area contributed by atoms with Crippen LogP contribution < -0.4 is 19.7 Å². The second-order valence-corrected chi connectivity index (χ2v) is 7.28. The highest BCUT2D eigenvalue weighted by Crippen LogP contribution is 2.36. The molecule has 1 aromatic heterocycles. The van der Waals surface area contributed by atoms with Gasteiger partial charge in [0.25, 0.3) is 0 Å². The fourth-order valence-corrected chi connectivity index (χ4v) is 4.05. The largest absolute Gasteiger partial charge is 0.454 e. The number of carbonyl (C=O) groups excluding carboxylic acids is 1. The number of thiazole rings is 1. The van der Waals surface area contributed by atoms with Crippen LogP contribution in [0.25, 0.3) is 10.2 Å². The number of aromatic nitrogens is 1. The minimum Gasteiger partial charge on any atom is -0.454 e. The van der Waals surface area contributed by atoms with Crippen molar-refractivity contribution in [2.24, 2.45) is 5.92 Å². The lowest BCUT2D eigenvalue weighted by atomic mass is 10.00. The van der Waals surface area contributed by atoms with Gasteiger partial charge < -0.3 is 19.7 Å². The summed E-state index contributed by atoms with van der Waals surface area (Å²) in [5, 5.41) is 3.73. The number of anilines is 2. The van der Waals surface area contributed by atoms with E-state index < -0.39 is 0 Å². The summed E-state index contributed by atoms with van der Waals surface area (Å²) in [5.41, 5.74) is 1.47. The summed E-state index contributed by atoms with van der Waals surface area (Å²) >= 11 is 1.44. The summed E-state index contributed by atoms with van der Waals surface area (Å²) < 4.78 is 24.7. The number of hydrogen-bond donors (Lipinski definition) is 1. The van der Waals surface area contributed by atoms with E-state index in [-0.39, 0.29) is 24.4 Å². The third kappa shape index (κ3) is 2.62. The van der Waals surface area contributed by atoms with Crippen molar-refractivity contribution in [2.75, 3.05) is 30.1 Å². The first-order chi connectivity index (χ1) is 12.7. The number of hydrogen-bond acceptors (Lipinski definition) is 6. The number of rotatable bonds is 3. The lowest BCUT2D eigenvalue weighted by Gasteiger charge is -2.37. The first kappa shape index (κ1) is 15.4. The maximum absolute atomic E-state index is 13.3. The molecular weight excluding hydrogens is 357 g/mol. The second kappa shape index (κ2) is 5.84. The van der Waals surface area contributed by atoms with Crippen LogP contribution in [-0.2, 0) is 4.79 Å². The van der Waals surface area contributed by atoms with Gasteiger partial charge >= 0.3 is 0 Å². The molecule has 1 fully saturated rings. The number of nitrogens with zero attached hydrogens (tertiary/aromatic N) is 2. The molecule has 0 aliphatic carbocycles. The van der Waals surface area contributed by atoms with Crippen molar-refractivity contribution in [1.82, 2.24) is 4.98 Å². The highest BCUT2D eigenvalue weighted by atomic mass is 32.1. The summed E-state index contributed by atoms with van der Waals surface area (Å²) in [4.78, 5) is 19.0. The van der Waals surface area contributed by atoms with Crippen LogP contribution >= 0.6 is 11.3 Å². The van der Waals surface area contributed by atoms with Gasteiger partial charge in [-0.15, -0.1) is 0 Å². The molecular formula is C18H14FN3O3S. The van der Waals surface area contributed by atoms with Gasteiger partial charge in [0.1, 0.15) is 5.82 Å². The fourth-order valence-electron chi connectivity index (χ4n) is 3.04. The molecule has 0 atom stereocenters. The number of halogens is 1. The molecule has 6 nitrogen and oxygen atoms in total. The molecule has 0 radical (unpaired) electrons. The molecule has 0 saturated carbocycles. The molecule has 0 spiro atoms. The smallest absolute Gasteiger partial charge is 0.231 e. The predicted molar refractivity (Wildman–Crippen MR) is 96.5 cm³/mol. The zero-order chi connectivity index (χ0) is 17.7. The monoisotopic (exact) mass is 371 g/mol. The Morgan fingerprint density at radius 1 is 1.19 bits per heavy atom. The number of nitrogens with one attached hydrogen (secondary N) is 1. The zero-order valence-corrected chi connectivity index (χ0v) is 14.4. The van der Waals surface area contributed by atoms with Crippen LogP contribution in [0.4, 0.5) is 15.2 Å². The van der Waals surface area contributed by atoms with Crippen molar-refractivity contribution in [3.8, 4) is 11.5 Å². The maximum Gasteiger partial charge on any atom is 0.231 e. The standard InChI is InChI=1S/C18H14FN3O3S/c19-11-1-3-13-16(5-11)26-18(21-13)22-7-10(8-22)17(23)20-12-2-4-14-15(6-12)25-9-24-14/h1-6,10H,7-9H2,(H,20,23). The van der Waals surface area contributed by atoms with E-state index in [4.69, 9.17) is 9.47 Å². The Morgan fingerprint density at radius 3 is 2.92 bits per heavy atom. The Hall–Kier alpha value is -2.87. The average molecular weight is 371 g/mol. The number of fused-ring (bicyclic) bond motifs is 2. The summed E-state index contributed by atoms with van der Waals surface area (Å²) in [6.45, 7) is 1.40. The summed E-state index contributed by atoms with van der Waals surface area (Å²) in [6, 6.07) is 9.91. The molecule has 3 heterocycles. The summed E-state index contributed by atoms with van der Waals surface area (Å²) in [6.07, 6.45) is 0. The van der Waals surface area contributed by atoms with Crippen LogP contribution in [0.3, 0.4) is 0 Å². The van der Waals surface area contributed by atoms with Crippen LogP contribution in [0.5, 0.6) is 11.5 Å². The van der Waals surface area contributed by atoms with Gasteiger partial charge in [-0.2, -0.15) is 0 Å². The molecule has 132 valence electrons. The molecule has 1 amide bonds. The molecule has 0 bridgehead atoms. The number of amides is 1. The third-order valence-electron chi connectivity index (χ3n) is 4.50. The Kier molecular flexibility index (Phi) is 3.46. The highest BCUT2D eigenvalue weighted by Gasteiger charge is 2.34. The zero-order valence-electron chi connectivity index (χ0n) is 13.6. The minimum atomic E-state index is -0.266. The highest BCUT2D eigenvalue weighted by molar-refractivity contribution is 7.22. The normalized spacial score (nSPS) is 16.0. The Morgan fingerprint density at radius 2 is 2.04 bits per heavy atom. The number of ether oxygens (including phenoxy) is 2. The van der Waals surface area contributed by atoms with Crippen LogP contribution in [0.2, 0.25) is 0 Å². The van der Waals surface area contributed by atoms with Gasteiger partial charge in [-0.25, -0.2) is 9.37 Å². The van der Waals surface area contributed by atoms with E-state index in [0.29, 0.717) is 30.3 Å². The van der Waals surface area contributed by atoms with Crippen molar-refractivity contribution in [3.63, 3.8) is 0 Å². The molecule has 8 heteroatoms. The van der Waals surface area contributed by atoms with E-state index >= 15 is 0 Å². The number of benzene rings is 2. The Bertz CT molecular complexity index is 1020. The van der Waals surface area contributed by atoms with Gasteiger partial charge in [0, 0.05) is 24.8 Å². The molecule has 2 aliphatic heterocycles. The Balaban J connectivity index is 1.23. The maximum atomic E-state index is 13.3. The van der Waals surface area contributed by atoms with E-state index in [9.17, 15) is 9.18 Å². The number of carbonyl (C=O) groups is 1. The van der Waals surface area contributed by atoms with E-state index in [1.165, 1.54) is 23.5 Å². The molecule has 2 aliphatic rings. The molecule has 5 rings (SSSR count). The SMILES string of the molecule is O=C(Nc1ccc2c(c1)OCO2)C1CN(c2nc3ccc(F)cc3s2)C1. The van der Waals surface area contributed by atoms with E-state index in [0.717, 1.165) is 15.3 Å². The lowest BCUT2D eigenvalue weighted by molar-refractivity contribution is -0.120. The summed E-state index contributed by atoms with van der Waals surface area (Å²) in [7, 11) is 0. The lowest BCUT2D eigenvalue weighted by Crippen LogP contribution is -2.52. The van der Waals surface area contributed by atoms with Gasteiger partial charge in [0.15, 0.2) is 16.6 Å². The molecule has 0 unspecified atom stereocenters. The van der Waals surface area contributed by atoms with Crippen molar-refractivity contribution in [2.45, 2.75) is 0 Å². The predicted octanol–water partition coefficient (Wildman–Crippen LogP) is 3.24. The van der Waals surface area contributed by atoms with E-state index in [1.807, 2.05) is 4.90 Å². The second-order valence-electron chi connectivity index (χ2n) is 6.27. The van der Waals surface area contributed by atoms with Crippen molar-refractivity contribution < 1.29 is 18.7 Å². The van der Waals surface area contributed by atoms with Gasteiger partial charge in [-0.3, -0.25) is 4.79 Å². The molecule has 26 heavy (non-hydrogen) atoms. The van der Waals surface area contributed by atoms with Crippen LogP contribution in [0.15, 0.2) is 36.4 Å². The Labute approximate surface area is 152 Å². The van der Waals surface area contributed by atoms with E-state index in [2.05, 4.69) is 10.3 Å². The molecule has 3 aromatic rings. The topological polar surface area (TPSA) is 63.7 Å². The molecule has 1 saturated heterocycles. The minimum absolute atomic E-state index is 0.0349. The first-order valence-corrected chi connectivity index (χ1v) is 8.99. The van der Waals surface area contributed by atoms with Gasteiger partial charge in [0.2, 0.25) is 12.7 Å². The third-order valence-corrected chi connectivity index (χ3v) is 5.58. The quantitative estimate of drug-likeness (QED) is 0.766. The van der Waals surface area contributed by atoms with Crippen LogP contribution in [-0.4, -0.2) is 30.8 Å². The fraction of sp³-hybridized carbons (Fsp3) is 0.222.